The topological polar surface area (TPSA) is 168 Å². The summed E-state index contributed by atoms with van der Waals surface area (Å²) >= 11 is 0. The molecular formula is C23H30N6O7. The van der Waals surface area contributed by atoms with E-state index in [0.717, 1.165) is 25.7 Å². The number of fused-ring (bicyclic) bond motifs is 1. The van der Waals surface area contributed by atoms with Gasteiger partial charge in [-0.2, -0.15) is 15.2 Å². The summed E-state index contributed by atoms with van der Waals surface area (Å²) in [5, 5.41) is 12.7. The molecule has 0 bridgehead atoms. The van der Waals surface area contributed by atoms with Crippen molar-refractivity contribution >= 4 is 34.9 Å². The van der Waals surface area contributed by atoms with Crippen LogP contribution in [0.5, 0.6) is 0 Å². The molecule has 13 nitrogen and oxygen atoms in total. The summed E-state index contributed by atoms with van der Waals surface area (Å²) in [5.41, 5.74) is 0.650. The van der Waals surface area contributed by atoms with E-state index in [0.29, 0.717) is 17.9 Å². The molecule has 0 aromatic carbocycles. The molecule has 2 aromatic rings. The number of carbonyl (C=O) groups is 3. The first-order valence-corrected chi connectivity index (χ1v) is 11.8. The fraction of sp³-hybridized carbons (Fsp3) is 0.609. The van der Waals surface area contributed by atoms with E-state index in [9.17, 15) is 19.6 Å². The van der Waals surface area contributed by atoms with Crippen LogP contribution >= 0.6 is 0 Å². The third-order valence-electron chi connectivity index (χ3n) is 5.46. The number of esters is 3. The molecule has 194 valence electrons. The zero-order chi connectivity index (χ0) is 26.2. The van der Waals surface area contributed by atoms with Gasteiger partial charge in [-0.3, -0.25) is 19.0 Å². The number of imidazole rings is 1. The average molecular weight is 503 g/mol. The Bertz CT molecular complexity index is 1140. The van der Waals surface area contributed by atoms with E-state index < -0.39 is 42.4 Å². The van der Waals surface area contributed by atoms with Crippen LogP contribution in [-0.4, -0.2) is 68.9 Å². The second kappa shape index (κ2) is 12.3. The Labute approximate surface area is 208 Å². The first kappa shape index (κ1) is 26.8. The zero-order valence-corrected chi connectivity index (χ0v) is 20.7. The van der Waals surface area contributed by atoms with E-state index in [2.05, 4.69) is 27.2 Å². The minimum absolute atomic E-state index is 0.0876. The summed E-state index contributed by atoms with van der Waals surface area (Å²) < 4.78 is 23.5. The van der Waals surface area contributed by atoms with Crippen molar-refractivity contribution < 1.29 is 33.3 Å². The molecule has 3 rings (SSSR count). The van der Waals surface area contributed by atoms with Crippen LogP contribution in [0, 0.1) is 11.3 Å². The molecule has 1 aliphatic heterocycles. The fourth-order valence-electron chi connectivity index (χ4n) is 3.95. The van der Waals surface area contributed by atoms with Crippen LogP contribution in [0.25, 0.3) is 11.2 Å². The van der Waals surface area contributed by atoms with Gasteiger partial charge >= 0.3 is 17.9 Å². The molecule has 36 heavy (non-hydrogen) atoms. The number of aromatic nitrogens is 4. The minimum Gasteiger partial charge on any atom is -0.463 e. The molecule has 1 saturated heterocycles. The van der Waals surface area contributed by atoms with Crippen molar-refractivity contribution in [3.8, 4) is 6.07 Å². The fourth-order valence-corrected chi connectivity index (χ4v) is 3.95. The standard InChI is InChI=1S/C23H30N6O7/c1-5-6-7-8-9-25-21-18-22(28-17(10-24)27-21)29(12-26-18)23-20(35-15(4)32)19(34-14(3)31)16(36-23)11-33-13(2)30/h12,16,19-20,23H,5-9,11H2,1-4H3,(H,25,27,28)/t16-,19-,20-,23-/m1/s1. The highest BCUT2D eigenvalue weighted by molar-refractivity contribution is 5.83. The number of nitriles is 1. The highest BCUT2D eigenvalue weighted by atomic mass is 16.7. The Morgan fingerprint density at radius 1 is 1.08 bits per heavy atom. The maximum atomic E-state index is 11.9. The number of ether oxygens (including phenoxy) is 4. The Hall–Kier alpha value is -3.79. The summed E-state index contributed by atoms with van der Waals surface area (Å²) in [6.07, 6.45) is 1.48. The highest BCUT2D eigenvalue weighted by Gasteiger charge is 2.51. The number of hydrogen-bond donors (Lipinski definition) is 1. The second-order valence-corrected chi connectivity index (χ2v) is 8.33. The van der Waals surface area contributed by atoms with Gasteiger partial charge in [-0.1, -0.05) is 26.2 Å². The van der Waals surface area contributed by atoms with Crippen LogP contribution in [0.3, 0.4) is 0 Å². The van der Waals surface area contributed by atoms with Crippen LogP contribution in [0.4, 0.5) is 5.82 Å². The summed E-state index contributed by atoms with van der Waals surface area (Å²) in [6.45, 7) is 6.18. The number of hydrogen-bond acceptors (Lipinski definition) is 12. The number of rotatable bonds is 11. The monoisotopic (exact) mass is 502 g/mol. The minimum atomic E-state index is -1.10. The lowest BCUT2D eigenvalue weighted by molar-refractivity contribution is -0.166. The van der Waals surface area contributed by atoms with Crippen molar-refractivity contribution in [2.45, 2.75) is 77.9 Å². The van der Waals surface area contributed by atoms with E-state index >= 15 is 0 Å². The number of nitrogens with zero attached hydrogens (tertiary/aromatic N) is 5. The Morgan fingerprint density at radius 3 is 2.44 bits per heavy atom. The normalized spacial score (nSPS) is 21.1. The van der Waals surface area contributed by atoms with Gasteiger partial charge in [0.05, 0.1) is 6.33 Å². The predicted molar refractivity (Wildman–Crippen MR) is 124 cm³/mol. The van der Waals surface area contributed by atoms with Gasteiger partial charge < -0.3 is 24.3 Å². The van der Waals surface area contributed by atoms with Crippen molar-refractivity contribution in [2.24, 2.45) is 0 Å². The molecule has 4 atom stereocenters. The van der Waals surface area contributed by atoms with Gasteiger partial charge in [0.15, 0.2) is 35.4 Å². The molecule has 1 fully saturated rings. The van der Waals surface area contributed by atoms with Crippen molar-refractivity contribution in [3.05, 3.63) is 12.2 Å². The molecule has 0 amide bonds. The summed E-state index contributed by atoms with van der Waals surface area (Å²) in [5.74, 6) is -1.52. The lowest BCUT2D eigenvalue weighted by atomic mass is 10.1. The van der Waals surface area contributed by atoms with Crippen molar-refractivity contribution in [1.82, 2.24) is 19.5 Å². The van der Waals surface area contributed by atoms with Crippen molar-refractivity contribution in [1.29, 1.82) is 5.26 Å². The molecule has 2 aromatic heterocycles. The molecule has 0 radical (unpaired) electrons. The summed E-state index contributed by atoms with van der Waals surface area (Å²) in [4.78, 5) is 48.1. The lowest BCUT2D eigenvalue weighted by Gasteiger charge is -2.23. The molecule has 0 unspecified atom stereocenters. The van der Waals surface area contributed by atoms with E-state index in [-0.39, 0.29) is 18.1 Å². The number of anilines is 1. The smallest absolute Gasteiger partial charge is 0.303 e. The first-order valence-electron chi connectivity index (χ1n) is 11.8. The molecule has 0 aliphatic carbocycles. The SMILES string of the molecule is CCCCCCNc1nc(C#N)nc2c1ncn2[C@@H]1O[C@H](COC(C)=O)[C@@H](OC(C)=O)[C@H]1OC(C)=O. The molecule has 13 heteroatoms. The van der Waals surface area contributed by atoms with Gasteiger partial charge in [0.25, 0.3) is 0 Å². The van der Waals surface area contributed by atoms with Gasteiger partial charge in [-0.15, -0.1) is 0 Å². The highest BCUT2D eigenvalue weighted by Crippen LogP contribution is 2.36. The molecule has 0 spiro atoms. The van der Waals surface area contributed by atoms with Gasteiger partial charge in [0, 0.05) is 27.3 Å². The third kappa shape index (κ3) is 6.45. The molecule has 3 heterocycles. The molecule has 1 N–H and O–H groups in total. The largest absolute Gasteiger partial charge is 0.463 e. The Morgan fingerprint density at radius 2 is 1.81 bits per heavy atom. The van der Waals surface area contributed by atoms with E-state index in [4.69, 9.17) is 18.9 Å². The van der Waals surface area contributed by atoms with Crippen molar-refractivity contribution in [3.63, 3.8) is 0 Å². The van der Waals surface area contributed by atoms with Crippen molar-refractivity contribution in [2.75, 3.05) is 18.5 Å². The number of carbonyl (C=O) groups excluding carboxylic acids is 3. The van der Waals surface area contributed by atoms with Gasteiger partial charge in [0.1, 0.15) is 18.8 Å². The maximum Gasteiger partial charge on any atom is 0.303 e. The first-order chi connectivity index (χ1) is 17.2. The van der Waals surface area contributed by atoms with Gasteiger partial charge in [-0.05, 0) is 6.42 Å². The summed E-state index contributed by atoms with van der Waals surface area (Å²) in [7, 11) is 0. The molecule has 0 saturated carbocycles. The van der Waals surface area contributed by atoms with Gasteiger partial charge in [-0.25, -0.2) is 4.98 Å². The van der Waals surface area contributed by atoms with E-state index in [1.54, 1.807) is 0 Å². The molecule has 1 aliphatic rings. The van der Waals surface area contributed by atoms with E-state index in [1.165, 1.54) is 31.7 Å². The van der Waals surface area contributed by atoms with Crippen LogP contribution in [-0.2, 0) is 33.3 Å². The maximum absolute atomic E-state index is 11.9. The number of unbranched alkanes of at least 4 members (excludes halogenated alkanes) is 3. The van der Waals surface area contributed by atoms with Crippen LogP contribution in [0.15, 0.2) is 6.33 Å². The Balaban J connectivity index is 1.99. The third-order valence-corrected chi connectivity index (χ3v) is 5.46. The zero-order valence-electron chi connectivity index (χ0n) is 20.7. The summed E-state index contributed by atoms with van der Waals surface area (Å²) in [6, 6.07) is 1.94. The number of nitrogens with one attached hydrogen (secondary N) is 1. The predicted octanol–water partition coefficient (Wildman–Crippen LogP) is 2.01. The van der Waals surface area contributed by atoms with Crippen LogP contribution in [0.2, 0.25) is 0 Å². The quantitative estimate of drug-likeness (QED) is 0.270. The Kier molecular flexibility index (Phi) is 9.13. The van der Waals surface area contributed by atoms with Gasteiger partial charge in [0.2, 0.25) is 5.82 Å². The van der Waals surface area contributed by atoms with Crippen LogP contribution in [0.1, 0.15) is 65.4 Å². The second-order valence-electron chi connectivity index (χ2n) is 8.33. The van der Waals surface area contributed by atoms with Crippen LogP contribution < -0.4 is 5.32 Å². The lowest BCUT2D eigenvalue weighted by Crippen LogP contribution is -2.40. The van der Waals surface area contributed by atoms with E-state index in [1.807, 2.05) is 6.07 Å². The average Bonchev–Trinajstić information content (AvgIpc) is 3.38. The molecular weight excluding hydrogens is 472 g/mol.